The Balaban J connectivity index is 1.18. The Morgan fingerprint density at radius 1 is 1.05 bits per heavy atom. The molecule has 2 aromatic heterocycles. The number of carbonyl (C=O) groups is 2. The monoisotopic (exact) mass is 514 g/mol. The van der Waals surface area contributed by atoms with Gasteiger partial charge in [0.2, 0.25) is 0 Å². The zero-order valence-electron chi connectivity index (χ0n) is 20.9. The smallest absolute Gasteiger partial charge is 0.408 e. The first-order chi connectivity index (χ1) is 18.1. The van der Waals surface area contributed by atoms with Gasteiger partial charge in [0.25, 0.3) is 5.91 Å². The number of nitrogens with zero attached hydrogens (tertiary/aromatic N) is 3. The summed E-state index contributed by atoms with van der Waals surface area (Å²) in [5, 5.41) is 4.86. The summed E-state index contributed by atoms with van der Waals surface area (Å²) in [6.07, 6.45) is 6.39. The minimum absolute atomic E-state index is 0.0454. The highest BCUT2D eigenvalue weighted by Crippen LogP contribution is 2.45. The first-order valence-electron chi connectivity index (χ1n) is 13.0. The van der Waals surface area contributed by atoms with Crippen molar-refractivity contribution < 1.29 is 14.3 Å². The van der Waals surface area contributed by atoms with Gasteiger partial charge in [0.1, 0.15) is 5.69 Å². The van der Waals surface area contributed by atoms with Crippen molar-refractivity contribution in [1.29, 1.82) is 0 Å². The summed E-state index contributed by atoms with van der Waals surface area (Å²) < 4.78 is 7.59. The number of para-hydroxylation sites is 1. The molecule has 0 bridgehead atoms. The molecule has 1 saturated heterocycles. The number of hydrogen-bond donors (Lipinski definition) is 1. The molecule has 190 valence electrons. The van der Waals surface area contributed by atoms with Crippen LogP contribution in [0.15, 0.2) is 60.8 Å². The predicted octanol–water partition coefficient (Wildman–Crippen LogP) is 5.96. The second-order valence-electron chi connectivity index (χ2n) is 9.91. The largest absolute Gasteiger partial charge is 0.412 e. The van der Waals surface area contributed by atoms with Crippen LogP contribution in [0.5, 0.6) is 5.75 Å². The molecule has 2 aromatic carbocycles. The molecule has 8 heteroatoms. The minimum Gasteiger partial charge on any atom is -0.408 e. The van der Waals surface area contributed by atoms with Gasteiger partial charge in [-0.05, 0) is 49.8 Å². The molecule has 7 nitrogen and oxygen atoms in total. The number of hydrogen-bond acceptors (Lipinski definition) is 5. The van der Waals surface area contributed by atoms with Gasteiger partial charge in [-0.1, -0.05) is 42.5 Å². The number of thiazole rings is 1. The second-order valence-corrected chi connectivity index (χ2v) is 10.9. The van der Waals surface area contributed by atoms with Crippen LogP contribution in [0.1, 0.15) is 53.5 Å². The Labute approximate surface area is 220 Å². The van der Waals surface area contributed by atoms with Crippen LogP contribution in [0, 0.1) is 0 Å². The van der Waals surface area contributed by atoms with E-state index >= 15 is 0 Å². The molecule has 3 heterocycles. The molecule has 6 rings (SSSR count). The number of rotatable bonds is 6. The quantitative estimate of drug-likeness (QED) is 0.344. The zero-order valence-corrected chi connectivity index (χ0v) is 21.7. The van der Waals surface area contributed by atoms with Gasteiger partial charge in [-0.15, -0.1) is 11.3 Å². The fraction of sp³-hybridized carbons (Fsp3) is 0.345. The van der Waals surface area contributed by atoms with E-state index in [4.69, 9.17) is 9.72 Å². The lowest BCUT2D eigenvalue weighted by Gasteiger charge is -2.35. The van der Waals surface area contributed by atoms with E-state index in [0.29, 0.717) is 30.5 Å². The summed E-state index contributed by atoms with van der Waals surface area (Å²) in [5.74, 6) is 0.961. The van der Waals surface area contributed by atoms with Crippen LogP contribution in [0.4, 0.5) is 4.79 Å². The third-order valence-corrected chi connectivity index (χ3v) is 8.51. The molecule has 1 N–H and O–H groups in total. The molecule has 1 aliphatic heterocycles. The van der Waals surface area contributed by atoms with Crippen molar-refractivity contribution in [3.05, 3.63) is 71.5 Å². The summed E-state index contributed by atoms with van der Waals surface area (Å²) in [6, 6.07) is 17.8. The lowest BCUT2D eigenvalue weighted by Crippen LogP contribution is -2.50. The third kappa shape index (κ3) is 4.85. The van der Waals surface area contributed by atoms with E-state index in [1.165, 1.54) is 0 Å². The number of likely N-dealkylation sites (tertiary alicyclic amines) is 1. The van der Waals surface area contributed by atoms with E-state index < -0.39 is 6.09 Å². The van der Waals surface area contributed by atoms with Crippen LogP contribution in [0.3, 0.4) is 0 Å². The van der Waals surface area contributed by atoms with Crippen molar-refractivity contribution >= 4 is 34.2 Å². The molecule has 1 saturated carbocycles. The molecule has 1 atom stereocenters. The molecule has 2 amide bonds. The summed E-state index contributed by atoms with van der Waals surface area (Å²) >= 11 is 1.65. The fourth-order valence-corrected chi connectivity index (χ4v) is 6.34. The second kappa shape index (κ2) is 10.0. The highest BCUT2D eigenvalue weighted by molar-refractivity contribution is 7.15. The first kappa shape index (κ1) is 23.7. The lowest BCUT2D eigenvalue weighted by molar-refractivity contribution is 0.0607. The Kier molecular flexibility index (Phi) is 6.42. The summed E-state index contributed by atoms with van der Waals surface area (Å²) in [6.45, 7) is 1.00. The van der Waals surface area contributed by atoms with E-state index in [9.17, 15) is 9.59 Å². The highest BCUT2D eigenvalue weighted by atomic mass is 32.1. The van der Waals surface area contributed by atoms with Crippen LogP contribution in [0.25, 0.3) is 21.3 Å². The molecule has 37 heavy (non-hydrogen) atoms. The maximum atomic E-state index is 13.9. The number of benzene rings is 2. The van der Waals surface area contributed by atoms with Crippen molar-refractivity contribution in [2.24, 2.45) is 7.05 Å². The van der Waals surface area contributed by atoms with Gasteiger partial charge < -0.3 is 19.5 Å². The van der Waals surface area contributed by atoms with Gasteiger partial charge in [-0.2, -0.15) is 0 Å². The molecule has 4 aromatic rings. The number of carbonyl (C=O) groups excluding carboxylic acids is 2. The van der Waals surface area contributed by atoms with E-state index in [1.807, 2.05) is 77.3 Å². The summed E-state index contributed by atoms with van der Waals surface area (Å²) in [5.41, 5.74) is 2.57. The summed E-state index contributed by atoms with van der Waals surface area (Å²) in [7, 11) is 1.93. The van der Waals surface area contributed by atoms with Gasteiger partial charge in [0, 0.05) is 43.7 Å². The maximum Gasteiger partial charge on any atom is 0.412 e. The first-order valence-corrected chi connectivity index (χ1v) is 13.8. The number of piperidine rings is 1. The van der Waals surface area contributed by atoms with Gasteiger partial charge in [-0.3, -0.25) is 4.79 Å². The van der Waals surface area contributed by atoms with Crippen LogP contribution in [0.2, 0.25) is 0 Å². The van der Waals surface area contributed by atoms with Crippen LogP contribution < -0.4 is 10.1 Å². The number of nitrogens with one attached hydrogen (secondary N) is 1. The van der Waals surface area contributed by atoms with Gasteiger partial charge in [0.05, 0.1) is 15.4 Å². The molecule has 0 radical (unpaired) electrons. The Morgan fingerprint density at radius 2 is 1.84 bits per heavy atom. The van der Waals surface area contributed by atoms with Gasteiger partial charge in [0.15, 0.2) is 5.75 Å². The van der Waals surface area contributed by atoms with E-state index in [-0.39, 0.29) is 11.9 Å². The number of aryl methyl sites for hydroxylation is 1. The molecular weight excluding hydrogens is 484 g/mol. The van der Waals surface area contributed by atoms with Crippen molar-refractivity contribution in [3.8, 4) is 16.2 Å². The zero-order chi connectivity index (χ0) is 25.4. The number of amides is 2. The van der Waals surface area contributed by atoms with E-state index in [2.05, 4.69) is 5.32 Å². The van der Waals surface area contributed by atoms with Crippen molar-refractivity contribution in [2.45, 2.75) is 44.1 Å². The summed E-state index contributed by atoms with van der Waals surface area (Å²) in [4.78, 5) is 34.3. The minimum atomic E-state index is -0.510. The van der Waals surface area contributed by atoms with Crippen LogP contribution >= 0.6 is 11.3 Å². The molecular formula is C29H30N4O3S. The average molecular weight is 515 g/mol. The van der Waals surface area contributed by atoms with Crippen molar-refractivity contribution in [1.82, 2.24) is 19.8 Å². The molecule has 2 aliphatic rings. The Morgan fingerprint density at radius 3 is 2.65 bits per heavy atom. The fourth-order valence-electron chi connectivity index (χ4n) is 5.11. The number of fused-ring (bicyclic) bond motifs is 1. The van der Waals surface area contributed by atoms with Crippen molar-refractivity contribution in [2.75, 3.05) is 13.1 Å². The molecule has 2 fully saturated rings. The van der Waals surface area contributed by atoms with E-state index in [0.717, 1.165) is 58.5 Å². The molecule has 0 spiro atoms. The van der Waals surface area contributed by atoms with Crippen LogP contribution in [-0.2, 0) is 7.05 Å². The average Bonchev–Trinajstić information content (AvgIpc) is 3.61. The standard InChI is InChI=1S/C29H30N4O3S/c1-32-18-24(22-12-5-6-13-23(22)32)36-29(35)30-17-21-11-7-8-16-33(21)28(34)25-26(19-9-3-2-4-10-19)37-27(31-25)20-14-15-20/h2-6,9-10,12-13,18,20-21H,7-8,11,14-17H2,1H3,(H,30,35)/t21-/m0/s1. The highest BCUT2D eigenvalue weighted by Gasteiger charge is 2.34. The Bertz CT molecular complexity index is 1440. The van der Waals surface area contributed by atoms with E-state index in [1.54, 1.807) is 11.3 Å². The maximum absolute atomic E-state index is 13.9. The number of ether oxygens (including phenoxy) is 1. The third-order valence-electron chi connectivity index (χ3n) is 7.24. The molecule has 0 unspecified atom stereocenters. The van der Waals surface area contributed by atoms with Crippen molar-refractivity contribution in [3.63, 3.8) is 0 Å². The van der Waals surface area contributed by atoms with Gasteiger partial charge >= 0.3 is 6.09 Å². The normalized spacial score (nSPS) is 17.6. The number of aromatic nitrogens is 2. The molecule has 1 aliphatic carbocycles. The van der Waals surface area contributed by atoms with Crippen LogP contribution in [-0.4, -0.2) is 45.6 Å². The SMILES string of the molecule is Cn1cc(OC(=O)NC[C@@H]2CCCCN2C(=O)c2nc(C3CC3)sc2-c2ccccc2)c2ccccc21. The topological polar surface area (TPSA) is 76.5 Å². The predicted molar refractivity (Wildman–Crippen MR) is 145 cm³/mol. The van der Waals surface area contributed by atoms with Gasteiger partial charge in [-0.25, -0.2) is 9.78 Å². The Hall–Kier alpha value is -3.65. The lowest BCUT2D eigenvalue weighted by atomic mass is 10.0.